The predicted molar refractivity (Wildman–Crippen MR) is 106 cm³/mol. The standard InChI is InChI=1S/C22H20N2O3/c1-27-18-9-5-8-17(13-18)23-22(26)16-12-21(25)24(14-16)20-11-4-7-15-6-2-3-10-19(15)20/h2-11,13,16H,12,14H2,1H3,(H,23,26)/t16-/m1/s1. The lowest BCUT2D eigenvalue weighted by Crippen LogP contribution is -2.28. The van der Waals surface area contributed by atoms with Gasteiger partial charge in [-0.15, -0.1) is 0 Å². The van der Waals surface area contributed by atoms with Crippen LogP contribution < -0.4 is 15.0 Å². The molecule has 136 valence electrons. The lowest BCUT2D eigenvalue weighted by Gasteiger charge is -2.19. The molecular weight excluding hydrogens is 340 g/mol. The molecule has 1 atom stereocenters. The Bertz CT molecular complexity index is 1010. The number of hydrogen-bond acceptors (Lipinski definition) is 3. The first kappa shape index (κ1) is 17.1. The van der Waals surface area contributed by atoms with E-state index in [2.05, 4.69) is 5.32 Å². The molecule has 1 saturated heterocycles. The summed E-state index contributed by atoms with van der Waals surface area (Å²) in [6, 6.07) is 21.0. The molecule has 0 aromatic heterocycles. The van der Waals surface area contributed by atoms with E-state index in [-0.39, 0.29) is 24.2 Å². The van der Waals surface area contributed by atoms with Crippen LogP contribution >= 0.6 is 0 Å². The first-order chi connectivity index (χ1) is 13.2. The number of anilines is 2. The zero-order valence-corrected chi connectivity index (χ0v) is 15.0. The summed E-state index contributed by atoms with van der Waals surface area (Å²) in [4.78, 5) is 27.0. The van der Waals surface area contributed by atoms with Crippen molar-refractivity contribution in [2.75, 3.05) is 23.9 Å². The second-order valence-electron chi connectivity index (χ2n) is 6.62. The summed E-state index contributed by atoms with van der Waals surface area (Å²) < 4.78 is 5.18. The van der Waals surface area contributed by atoms with Crippen LogP contribution in [0, 0.1) is 5.92 Å². The molecule has 0 bridgehead atoms. The van der Waals surface area contributed by atoms with Gasteiger partial charge in [-0.05, 0) is 23.6 Å². The van der Waals surface area contributed by atoms with Crippen LogP contribution in [0.3, 0.4) is 0 Å². The number of carbonyl (C=O) groups excluding carboxylic acids is 2. The number of ether oxygens (including phenoxy) is 1. The summed E-state index contributed by atoms with van der Waals surface area (Å²) in [5.74, 6) is 0.104. The number of carbonyl (C=O) groups is 2. The minimum absolute atomic E-state index is 0.0304. The molecule has 1 N–H and O–H groups in total. The molecule has 1 aliphatic heterocycles. The number of amides is 2. The van der Waals surface area contributed by atoms with Crippen molar-refractivity contribution >= 4 is 34.0 Å². The van der Waals surface area contributed by atoms with Crippen LogP contribution in [-0.2, 0) is 9.59 Å². The van der Waals surface area contributed by atoms with Crippen molar-refractivity contribution in [3.8, 4) is 5.75 Å². The lowest BCUT2D eigenvalue weighted by molar-refractivity contribution is -0.122. The third-order valence-corrected chi connectivity index (χ3v) is 4.89. The highest BCUT2D eigenvalue weighted by molar-refractivity contribution is 6.08. The van der Waals surface area contributed by atoms with Crippen molar-refractivity contribution in [1.82, 2.24) is 0 Å². The Kier molecular flexibility index (Phi) is 4.50. The van der Waals surface area contributed by atoms with Gasteiger partial charge in [0.25, 0.3) is 0 Å². The van der Waals surface area contributed by atoms with Crippen LogP contribution in [0.4, 0.5) is 11.4 Å². The van der Waals surface area contributed by atoms with Crippen LogP contribution in [0.15, 0.2) is 66.7 Å². The molecule has 0 radical (unpaired) electrons. The molecule has 0 saturated carbocycles. The average Bonchev–Trinajstić information content (AvgIpc) is 3.09. The summed E-state index contributed by atoms with van der Waals surface area (Å²) >= 11 is 0. The average molecular weight is 360 g/mol. The number of fused-ring (bicyclic) bond motifs is 1. The van der Waals surface area contributed by atoms with Crippen LogP contribution in [0.2, 0.25) is 0 Å². The summed E-state index contributed by atoms with van der Waals surface area (Å²) in [6.45, 7) is 0.378. The van der Waals surface area contributed by atoms with Crippen molar-refractivity contribution in [3.05, 3.63) is 66.7 Å². The highest BCUT2D eigenvalue weighted by Crippen LogP contribution is 2.32. The van der Waals surface area contributed by atoms with Crippen LogP contribution in [0.25, 0.3) is 10.8 Å². The van der Waals surface area contributed by atoms with Gasteiger partial charge in [0, 0.05) is 30.1 Å². The fourth-order valence-corrected chi connectivity index (χ4v) is 3.50. The van der Waals surface area contributed by atoms with Gasteiger partial charge >= 0.3 is 0 Å². The molecule has 5 heteroatoms. The molecule has 0 unspecified atom stereocenters. The van der Waals surface area contributed by atoms with Gasteiger partial charge in [-0.3, -0.25) is 9.59 Å². The number of hydrogen-bond donors (Lipinski definition) is 1. The first-order valence-electron chi connectivity index (χ1n) is 8.89. The normalized spacial score (nSPS) is 16.6. The van der Waals surface area contributed by atoms with E-state index in [1.54, 1.807) is 24.1 Å². The fraction of sp³-hybridized carbons (Fsp3) is 0.182. The van der Waals surface area contributed by atoms with E-state index in [1.165, 1.54) is 0 Å². The zero-order chi connectivity index (χ0) is 18.8. The van der Waals surface area contributed by atoms with Gasteiger partial charge in [-0.2, -0.15) is 0 Å². The van der Waals surface area contributed by atoms with Crippen molar-refractivity contribution in [2.45, 2.75) is 6.42 Å². The maximum atomic E-state index is 12.7. The second-order valence-corrected chi connectivity index (χ2v) is 6.62. The molecule has 1 heterocycles. The predicted octanol–water partition coefficient (Wildman–Crippen LogP) is 3.84. The molecule has 3 aromatic carbocycles. The fourth-order valence-electron chi connectivity index (χ4n) is 3.50. The van der Waals surface area contributed by atoms with Gasteiger partial charge < -0.3 is 15.0 Å². The minimum atomic E-state index is -0.386. The van der Waals surface area contributed by atoms with Crippen LogP contribution in [0.1, 0.15) is 6.42 Å². The molecule has 0 spiro atoms. The maximum Gasteiger partial charge on any atom is 0.229 e. The van der Waals surface area contributed by atoms with Gasteiger partial charge in [0.15, 0.2) is 0 Å². The molecule has 27 heavy (non-hydrogen) atoms. The monoisotopic (exact) mass is 360 g/mol. The van der Waals surface area contributed by atoms with E-state index >= 15 is 0 Å². The summed E-state index contributed by atoms with van der Waals surface area (Å²) in [6.07, 6.45) is 0.207. The number of benzene rings is 3. The van der Waals surface area contributed by atoms with E-state index in [9.17, 15) is 9.59 Å². The molecule has 0 aliphatic carbocycles. The van der Waals surface area contributed by atoms with E-state index in [0.717, 1.165) is 16.5 Å². The highest BCUT2D eigenvalue weighted by atomic mass is 16.5. The third-order valence-electron chi connectivity index (χ3n) is 4.89. The lowest BCUT2D eigenvalue weighted by atomic mass is 10.1. The molecule has 1 aliphatic rings. The minimum Gasteiger partial charge on any atom is -0.497 e. The largest absolute Gasteiger partial charge is 0.497 e. The Labute approximate surface area is 157 Å². The smallest absolute Gasteiger partial charge is 0.229 e. The molecular formula is C22H20N2O3. The van der Waals surface area contributed by atoms with Crippen molar-refractivity contribution < 1.29 is 14.3 Å². The van der Waals surface area contributed by atoms with Crippen LogP contribution in [0.5, 0.6) is 5.75 Å². The van der Waals surface area contributed by atoms with E-state index in [1.807, 2.05) is 54.6 Å². The molecule has 2 amide bonds. The number of rotatable bonds is 4. The second kappa shape index (κ2) is 7.11. The first-order valence-corrected chi connectivity index (χ1v) is 8.89. The van der Waals surface area contributed by atoms with E-state index < -0.39 is 0 Å². The van der Waals surface area contributed by atoms with Gasteiger partial charge in [0.2, 0.25) is 11.8 Å². The van der Waals surface area contributed by atoms with Gasteiger partial charge in [0.05, 0.1) is 18.7 Å². The Morgan fingerprint density at radius 1 is 1.07 bits per heavy atom. The van der Waals surface area contributed by atoms with E-state index in [4.69, 9.17) is 4.74 Å². The zero-order valence-electron chi connectivity index (χ0n) is 15.0. The Morgan fingerprint density at radius 2 is 1.85 bits per heavy atom. The molecule has 4 rings (SSSR count). The molecule has 3 aromatic rings. The third kappa shape index (κ3) is 3.36. The Morgan fingerprint density at radius 3 is 2.70 bits per heavy atom. The number of methoxy groups -OCH3 is 1. The number of nitrogens with one attached hydrogen (secondary N) is 1. The summed E-state index contributed by atoms with van der Waals surface area (Å²) in [7, 11) is 1.58. The SMILES string of the molecule is COc1cccc(NC(=O)[C@@H]2CC(=O)N(c3cccc4ccccc34)C2)c1. The van der Waals surface area contributed by atoms with Crippen molar-refractivity contribution in [1.29, 1.82) is 0 Å². The van der Waals surface area contributed by atoms with Crippen molar-refractivity contribution in [2.24, 2.45) is 5.92 Å². The van der Waals surface area contributed by atoms with Gasteiger partial charge in [0.1, 0.15) is 5.75 Å². The molecule has 5 nitrogen and oxygen atoms in total. The molecule has 1 fully saturated rings. The maximum absolute atomic E-state index is 12.7. The topological polar surface area (TPSA) is 58.6 Å². The van der Waals surface area contributed by atoms with Gasteiger partial charge in [-0.1, -0.05) is 42.5 Å². The number of nitrogens with zero attached hydrogens (tertiary/aromatic N) is 1. The van der Waals surface area contributed by atoms with Crippen molar-refractivity contribution in [3.63, 3.8) is 0 Å². The Hall–Kier alpha value is -3.34. The quantitative estimate of drug-likeness (QED) is 0.769. The summed E-state index contributed by atoms with van der Waals surface area (Å²) in [5, 5.41) is 4.98. The highest BCUT2D eigenvalue weighted by Gasteiger charge is 2.35. The Balaban J connectivity index is 1.54. The van der Waals surface area contributed by atoms with E-state index in [0.29, 0.717) is 18.0 Å². The summed E-state index contributed by atoms with van der Waals surface area (Å²) in [5.41, 5.74) is 1.52. The van der Waals surface area contributed by atoms with Crippen LogP contribution in [-0.4, -0.2) is 25.5 Å². The van der Waals surface area contributed by atoms with Gasteiger partial charge in [-0.25, -0.2) is 0 Å².